The van der Waals surface area contributed by atoms with Crippen LogP contribution < -0.4 is 5.32 Å². The molecule has 0 saturated carbocycles. The lowest BCUT2D eigenvalue weighted by molar-refractivity contribution is -0.115. The van der Waals surface area contributed by atoms with E-state index >= 15 is 0 Å². The van der Waals surface area contributed by atoms with E-state index in [9.17, 15) is 4.79 Å². The Morgan fingerprint density at radius 2 is 1.67 bits per heavy atom. The van der Waals surface area contributed by atoms with E-state index in [2.05, 4.69) is 15.5 Å². The van der Waals surface area contributed by atoms with E-state index in [1.807, 2.05) is 79.2 Å². The number of rotatable bonds is 5. The summed E-state index contributed by atoms with van der Waals surface area (Å²) in [6, 6.07) is 19.3. The lowest BCUT2D eigenvalue weighted by Gasteiger charge is -2.11. The molecule has 122 valence electrons. The van der Waals surface area contributed by atoms with Crippen molar-refractivity contribution in [2.24, 2.45) is 7.05 Å². The minimum absolute atomic E-state index is 0.0598. The van der Waals surface area contributed by atoms with Gasteiger partial charge < -0.3 is 9.88 Å². The molecular formula is C18H18N4OS. The van der Waals surface area contributed by atoms with Crippen LogP contribution in [0, 0.1) is 0 Å². The molecule has 3 rings (SSSR count). The van der Waals surface area contributed by atoms with E-state index in [1.165, 1.54) is 11.8 Å². The topological polar surface area (TPSA) is 59.8 Å². The van der Waals surface area contributed by atoms with Gasteiger partial charge in [0.15, 0.2) is 11.0 Å². The van der Waals surface area contributed by atoms with Crippen LogP contribution in [0.2, 0.25) is 0 Å². The molecule has 0 saturated heterocycles. The SMILES string of the molecule is CC(Sc1nnc(-c2ccccc2)n1C)C(=O)Nc1ccccc1. The summed E-state index contributed by atoms with van der Waals surface area (Å²) in [6.07, 6.45) is 0. The van der Waals surface area contributed by atoms with Crippen LogP contribution in [0.4, 0.5) is 5.69 Å². The first-order chi connectivity index (χ1) is 11.6. The molecule has 0 radical (unpaired) electrons. The third kappa shape index (κ3) is 3.65. The van der Waals surface area contributed by atoms with Gasteiger partial charge in [-0.05, 0) is 19.1 Å². The van der Waals surface area contributed by atoms with Crippen molar-refractivity contribution < 1.29 is 4.79 Å². The zero-order valence-corrected chi connectivity index (χ0v) is 14.3. The molecule has 1 amide bonds. The van der Waals surface area contributed by atoms with Gasteiger partial charge in [-0.15, -0.1) is 10.2 Å². The monoisotopic (exact) mass is 338 g/mol. The number of nitrogens with one attached hydrogen (secondary N) is 1. The van der Waals surface area contributed by atoms with Crippen molar-refractivity contribution in [3.05, 3.63) is 60.7 Å². The van der Waals surface area contributed by atoms with Gasteiger partial charge in [-0.3, -0.25) is 4.79 Å². The van der Waals surface area contributed by atoms with Crippen LogP contribution in [0.25, 0.3) is 11.4 Å². The van der Waals surface area contributed by atoms with Gasteiger partial charge in [0.25, 0.3) is 0 Å². The Labute approximate surface area is 145 Å². The summed E-state index contributed by atoms with van der Waals surface area (Å²) in [5, 5.41) is 11.8. The standard InChI is InChI=1S/C18H18N4OS/c1-13(17(23)19-15-11-7-4-8-12-15)24-18-21-20-16(22(18)2)14-9-5-3-6-10-14/h3-13H,1-2H3,(H,19,23). The number of para-hydroxylation sites is 1. The van der Waals surface area contributed by atoms with Crippen molar-refractivity contribution in [2.75, 3.05) is 5.32 Å². The van der Waals surface area contributed by atoms with Crippen molar-refractivity contribution in [3.63, 3.8) is 0 Å². The zero-order chi connectivity index (χ0) is 16.9. The lowest BCUT2D eigenvalue weighted by Crippen LogP contribution is -2.22. The summed E-state index contributed by atoms with van der Waals surface area (Å²) in [5.74, 6) is 0.726. The molecule has 24 heavy (non-hydrogen) atoms. The summed E-state index contributed by atoms with van der Waals surface area (Å²) >= 11 is 1.39. The van der Waals surface area contributed by atoms with Crippen molar-refractivity contribution >= 4 is 23.4 Å². The first kappa shape index (κ1) is 16.3. The number of benzene rings is 2. The van der Waals surface area contributed by atoms with Crippen LogP contribution >= 0.6 is 11.8 Å². The van der Waals surface area contributed by atoms with E-state index in [4.69, 9.17) is 0 Å². The Balaban J connectivity index is 1.70. The Bertz CT molecular complexity index is 818. The molecule has 6 heteroatoms. The largest absolute Gasteiger partial charge is 0.325 e. The molecule has 1 heterocycles. The molecule has 1 atom stereocenters. The van der Waals surface area contributed by atoms with E-state index in [0.29, 0.717) is 5.16 Å². The van der Waals surface area contributed by atoms with Gasteiger partial charge in [0.2, 0.25) is 5.91 Å². The molecule has 1 aromatic heterocycles. The van der Waals surface area contributed by atoms with Crippen molar-refractivity contribution in [1.82, 2.24) is 14.8 Å². The highest BCUT2D eigenvalue weighted by molar-refractivity contribution is 8.00. The van der Waals surface area contributed by atoms with Gasteiger partial charge in [0, 0.05) is 18.3 Å². The number of carbonyl (C=O) groups excluding carboxylic acids is 1. The van der Waals surface area contributed by atoms with Gasteiger partial charge in [-0.1, -0.05) is 60.3 Å². The Morgan fingerprint density at radius 1 is 1.04 bits per heavy atom. The van der Waals surface area contributed by atoms with E-state index < -0.39 is 0 Å². The molecule has 2 aromatic carbocycles. The second-order valence-electron chi connectivity index (χ2n) is 5.35. The number of nitrogens with zero attached hydrogens (tertiary/aromatic N) is 3. The van der Waals surface area contributed by atoms with E-state index in [-0.39, 0.29) is 11.2 Å². The number of amides is 1. The summed E-state index contributed by atoms with van der Waals surface area (Å²) in [7, 11) is 1.91. The molecular weight excluding hydrogens is 320 g/mol. The number of thioether (sulfide) groups is 1. The summed E-state index contributed by atoms with van der Waals surface area (Å²) in [6.45, 7) is 1.86. The highest BCUT2D eigenvalue weighted by Crippen LogP contribution is 2.26. The Hall–Kier alpha value is -2.60. The fourth-order valence-corrected chi connectivity index (χ4v) is 3.05. The molecule has 3 aromatic rings. The minimum Gasteiger partial charge on any atom is -0.325 e. The second kappa shape index (κ2) is 7.31. The molecule has 5 nitrogen and oxygen atoms in total. The van der Waals surface area contributed by atoms with Crippen molar-refractivity contribution in [1.29, 1.82) is 0 Å². The van der Waals surface area contributed by atoms with Crippen LogP contribution in [-0.2, 0) is 11.8 Å². The normalized spacial score (nSPS) is 11.9. The quantitative estimate of drug-likeness (QED) is 0.722. The summed E-state index contributed by atoms with van der Waals surface area (Å²) < 4.78 is 1.91. The maximum Gasteiger partial charge on any atom is 0.237 e. The summed E-state index contributed by atoms with van der Waals surface area (Å²) in [5.41, 5.74) is 1.79. The third-order valence-electron chi connectivity index (χ3n) is 3.56. The minimum atomic E-state index is -0.281. The number of aromatic nitrogens is 3. The van der Waals surface area contributed by atoms with Crippen molar-refractivity contribution in [2.45, 2.75) is 17.3 Å². The highest BCUT2D eigenvalue weighted by atomic mass is 32.2. The first-order valence-electron chi connectivity index (χ1n) is 7.62. The highest BCUT2D eigenvalue weighted by Gasteiger charge is 2.19. The third-order valence-corrected chi connectivity index (χ3v) is 4.69. The molecule has 0 bridgehead atoms. The van der Waals surface area contributed by atoms with Gasteiger partial charge in [-0.25, -0.2) is 0 Å². The number of hydrogen-bond donors (Lipinski definition) is 1. The van der Waals surface area contributed by atoms with Gasteiger partial charge in [-0.2, -0.15) is 0 Å². The average molecular weight is 338 g/mol. The van der Waals surface area contributed by atoms with Crippen LogP contribution in [0.3, 0.4) is 0 Å². The molecule has 1 N–H and O–H groups in total. The van der Waals surface area contributed by atoms with Gasteiger partial charge in [0.1, 0.15) is 0 Å². The fourth-order valence-electron chi connectivity index (χ4n) is 2.23. The number of anilines is 1. The molecule has 0 aliphatic rings. The molecule has 0 fully saturated rings. The van der Waals surface area contributed by atoms with Crippen LogP contribution in [0.15, 0.2) is 65.8 Å². The number of carbonyl (C=O) groups is 1. The smallest absolute Gasteiger partial charge is 0.237 e. The lowest BCUT2D eigenvalue weighted by atomic mass is 10.2. The van der Waals surface area contributed by atoms with Crippen molar-refractivity contribution in [3.8, 4) is 11.4 Å². The predicted octanol–water partition coefficient (Wildman–Crippen LogP) is 3.60. The number of hydrogen-bond acceptors (Lipinski definition) is 4. The van der Waals surface area contributed by atoms with E-state index in [1.54, 1.807) is 0 Å². The van der Waals surface area contributed by atoms with Crippen LogP contribution in [-0.4, -0.2) is 25.9 Å². The second-order valence-corrected chi connectivity index (χ2v) is 6.65. The average Bonchev–Trinajstić information content (AvgIpc) is 2.97. The molecule has 0 spiro atoms. The molecule has 0 aliphatic carbocycles. The van der Waals surface area contributed by atoms with Crippen LogP contribution in [0.1, 0.15) is 6.92 Å². The molecule has 1 unspecified atom stereocenters. The maximum atomic E-state index is 12.3. The fraction of sp³-hybridized carbons (Fsp3) is 0.167. The Kier molecular flexibility index (Phi) is 4.96. The van der Waals surface area contributed by atoms with Crippen LogP contribution in [0.5, 0.6) is 0 Å². The predicted molar refractivity (Wildman–Crippen MR) is 96.8 cm³/mol. The van der Waals surface area contributed by atoms with E-state index in [0.717, 1.165) is 17.1 Å². The van der Waals surface area contributed by atoms with Gasteiger partial charge >= 0.3 is 0 Å². The molecule has 0 aliphatic heterocycles. The first-order valence-corrected chi connectivity index (χ1v) is 8.50. The zero-order valence-electron chi connectivity index (χ0n) is 13.5. The van der Waals surface area contributed by atoms with Gasteiger partial charge in [0.05, 0.1) is 5.25 Å². The Morgan fingerprint density at radius 3 is 2.33 bits per heavy atom. The maximum absolute atomic E-state index is 12.3. The summed E-state index contributed by atoms with van der Waals surface area (Å²) in [4.78, 5) is 12.3.